The molecule has 2 N–H and O–H groups in total. The summed E-state index contributed by atoms with van der Waals surface area (Å²) in [5.41, 5.74) is 6.74. The molecule has 0 amide bonds. The Morgan fingerprint density at radius 1 is 1.47 bits per heavy atom. The molecule has 0 aliphatic heterocycles. The first-order chi connectivity index (χ1) is 8.26. The van der Waals surface area contributed by atoms with Crippen LogP contribution in [0.5, 0.6) is 0 Å². The third-order valence-corrected chi connectivity index (χ3v) is 2.66. The molecule has 4 nitrogen and oxygen atoms in total. The Kier molecular flexibility index (Phi) is 6.77. The van der Waals surface area contributed by atoms with Gasteiger partial charge in [0, 0.05) is 32.4 Å². The maximum absolute atomic E-state index is 5.64. The Bertz CT molecular complexity index is 292. The first-order valence-corrected chi connectivity index (χ1v) is 6.16. The molecule has 1 aromatic rings. The molecule has 0 bridgehead atoms. The van der Waals surface area contributed by atoms with Gasteiger partial charge in [-0.1, -0.05) is 6.07 Å². The molecule has 1 aromatic heterocycles. The highest BCUT2D eigenvalue weighted by Crippen LogP contribution is 2.02. The van der Waals surface area contributed by atoms with Crippen LogP contribution in [0.3, 0.4) is 0 Å². The van der Waals surface area contributed by atoms with E-state index in [1.807, 2.05) is 31.3 Å². The first kappa shape index (κ1) is 14.1. The fraction of sp³-hybridized carbons (Fsp3) is 0.615. The average Bonchev–Trinajstić information content (AvgIpc) is 2.35. The van der Waals surface area contributed by atoms with Crippen LogP contribution in [0.15, 0.2) is 24.4 Å². The minimum Gasteiger partial charge on any atom is -0.377 e. The monoisotopic (exact) mass is 237 g/mol. The number of aromatic nitrogens is 1. The van der Waals surface area contributed by atoms with Gasteiger partial charge in [-0.25, -0.2) is 0 Å². The Morgan fingerprint density at radius 3 is 2.88 bits per heavy atom. The second kappa shape index (κ2) is 8.17. The molecule has 96 valence electrons. The van der Waals surface area contributed by atoms with Gasteiger partial charge in [0.15, 0.2) is 0 Å². The number of hydrogen-bond donors (Lipinski definition) is 1. The van der Waals surface area contributed by atoms with Crippen molar-refractivity contribution < 1.29 is 4.74 Å². The van der Waals surface area contributed by atoms with Gasteiger partial charge in [0.25, 0.3) is 0 Å². The zero-order valence-corrected chi connectivity index (χ0v) is 10.8. The van der Waals surface area contributed by atoms with E-state index in [9.17, 15) is 0 Å². The fourth-order valence-electron chi connectivity index (χ4n) is 1.72. The molecule has 0 fully saturated rings. The van der Waals surface area contributed by atoms with Crippen molar-refractivity contribution in [2.24, 2.45) is 5.73 Å². The van der Waals surface area contributed by atoms with E-state index in [0.717, 1.165) is 31.8 Å². The van der Waals surface area contributed by atoms with E-state index in [-0.39, 0.29) is 6.10 Å². The number of hydrogen-bond acceptors (Lipinski definition) is 4. The van der Waals surface area contributed by atoms with Crippen LogP contribution in [0, 0.1) is 0 Å². The molecule has 0 aliphatic carbocycles. The van der Waals surface area contributed by atoms with E-state index in [2.05, 4.69) is 16.9 Å². The van der Waals surface area contributed by atoms with Gasteiger partial charge in [-0.05, 0) is 32.5 Å². The largest absolute Gasteiger partial charge is 0.377 e. The van der Waals surface area contributed by atoms with Gasteiger partial charge >= 0.3 is 0 Å². The maximum Gasteiger partial charge on any atom is 0.0709 e. The lowest BCUT2D eigenvalue weighted by atomic mass is 10.2. The lowest BCUT2D eigenvalue weighted by Gasteiger charge is -2.20. The van der Waals surface area contributed by atoms with E-state index >= 15 is 0 Å². The van der Waals surface area contributed by atoms with Crippen molar-refractivity contribution in [1.29, 1.82) is 0 Å². The highest BCUT2D eigenvalue weighted by molar-refractivity contribution is 5.02. The third-order valence-electron chi connectivity index (χ3n) is 2.66. The Balaban J connectivity index is 2.27. The van der Waals surface area contributed by atoms with Crippen molar-refractivity contribution in [2.45, 2.75) is 26.0 Å². The lowest BCUT2D eigenvalue weighted by Crippen LogP contribution is -2.29. The van der Waals surface area contributed by atoms with Crippen molar-refractivity contribution >= 4 is 0 Å². The normalized spacial score (nSPS) is 12.9. The molecule has 0 aromatic carbocycles. The second-order valence-corrected chi connectivity index (χ2v) is 4.16. The van der Waals surface area contributed by atoms with E-state index in [0.29, 0.717) is 6.54 Å². The molecule has 17 heavy (non-hydrogen) atoms. The van der Waals surface area contributed by atoms with E-state index in [4.69, 9.17) is 10.5 Å². The number of ether oxygens (including phenoxy) is 1. The SMILES string of the molecule is CCOC(CN)CCN(C)Cc1ccccn1. The van der Waals surface area contributed by atoms with Gasteiger partial charge in [0.2, 0.25) is 0 Å². The van der Waals surface area contributed by atoms with Crippen LogP contribution < -0.4 is 5.73 Å². The van der Waals surface area contributed by atoms with E-state index in [1.54, 1.807) is 0 Å². The molecular weight excluding hydrogens is 214 g/mol. The van der Waals surface area contributed by atoms with Crippen molar-refractivity contribution in [2.75, 3.05) is 26.7 Å². The summed E-state index contributed by atoms with van der Waals surface area (Å²) in [6, 6.07) is 5.99. The molecule has 0 radical (unpaired) electrons. The lowest BCUT2D eigenvalue weighted by molar-refractivity contribution is 0.0558. The number of nitrogens with two attached hydrogens (primary N) is 1. The number of nitrogens with zero attached hydrogens (tertiary/aromatic N) is 2. The van der Waals surface area contributed by atoms with Gasteiger partial charge in [0.1, 0.15) is 0 Å². The summed E-state index contributed by atoms with van der Waals surface area (Å²) in [7, 11) is 2.09. The highest BCUT2D eigenvalue weighted by Gasteiger charge is 2.08. The molecule has 4 heteroatoms. The molecule has 0 spiro atoms. The first-order valence-electron chi connectivity index (χ1n) is 6.16. The van der Waals surface area contributed by atoms with E-state index < -0.39 is 0 Å². The van der Waals surface area contributed by atoms with Crippen LogP contribution in [0.4, 0.5) is 0 Å². The van der Waals surface area contributed by atoms with Crippen LogP contribution in [0.25, 0.3) is 0 Å². The van der Waals surface area contributed by atoms with Gasteiger partial charge in [-0.15, -0.1) is 0 Å². The summed E-state index contributed by atoms with van der Waals surface area (Å²) in [5, 5.41) is 0. The van der Waals surface area contributed by atoms with Crippen LogP contribution >= 0.6 is 0 Å². The van der Waals surface area contributed by atoms with Gasteiger partial charge in [-0.2, -0.15) is 0 Å². The summed E-state index contributed by atoms with van der Waals surface area (Å²) in [4.78, 5) is 6.54. The van der Waals surface area contributed by atoms with Crippen molar-refractivity contribution in [1.82, 2.24) is 9.88 Å². The van der Waals surface area contributed by atoms with Crippen LogP contribution in [0.1, 0.15) is 19.0 Å². The smallest absolute Gasteiger partial charge is 0.0709 e. The summed E-state index contributed by atoms with van der Waals surface area (Å²) >= 11 is 0. The molecule has 1 unspecified atom stereocenters. The molecule has 0 saturated carbocycles. The predicted octanol–water partition coefficient (Wildman–Crippen LogP) is 1.27. The molecular formula is C13H23N3O. The standard InChI is InChI=1S/C13H23N3O/c1-3-17-13(10-14)7-9-16(2)11-12-6-4-5-8-15-12/h4-6,8,13H,3,7,9-11,14H2,1-2H3. The van der Waals surface area contributed by atoms with Crippen molar-refractivity contribution in [3.63, 3.8) is 0 Å². The Morgan fingerprint density at radius 2 is 2.29 bits per heavy atom. The molecule has 1 rings (SSSR count). The quantitative estimate of drug-likeness (QED) is 0.739. The van der Waals surface area contributed by atoms with Gasteiger partial charge in [-0.3, -0.25) is 4.98 Å². The number of pyridine rings is 1. The molecule has 0 saturated heterocycles. The van der Waals surface area contributed by atoms with Crippen molar-refractivity contribution in [3.8, 4) is 0 Å². The summed E-state index contributed by atoms with van der Waals surface area (Å²) in [5.74, 6) is 0. The van der Waals surface area contributed by atoms with Crippen molar-refractivity contribution in [3.05, 3.63) is 30.1 Å². The Hall–Kier alpha value is -0.970. The van der Waals surface area contributed by atoms with Gasteiger partial charge in [0.05, 0.1) is 11.8 Å². The summed E-state index contributed by atoms with van der Waals surface area (Å²) < 4.78 is 5.52. The zero-order valence-electron chi connectivity index (χ0n) is 10.8. The van der Waals surface area contributed by atoms with Crippen LogP contribution in [0.2, 0.25) is 0 Å². The fourth-order valence-corrected chi connectivity index (χ4v) is 1.72. The van der Waals surface area contributed by atoms with Crippen LogP contribution in [-0.4, -0.2) is 42.7 Å². The van der Waals surface area contributed by atoms with E-state index in [1.165, 1.54) is 0 Å². The minimum atomic E-state index is 0.172. The van der Waals surface area contributed by atoms with Gasteiger partial charge < -0.3 is 15.4 Å². The topological polar surface area (TPSA) is 51.4 Å². The zero-order chi connectivity index (χ0) is 12.5. The highest BCUT2D eigenvalue weighted by atomic mass is 16.5. The number of rotatable bonds is 8. The Labute approximate surface area is 104 Å². The predicted molar refractivity (Wildman–Crippen MR) is 69.7 cm³/mol. The molecule has 1 heterocycles. The summed E-state index contributed by atoms with van der Waals surface area (Å²) in [6.07, 6.45) is 2.96. The molecule has 1 atom stereocenters. The average molecular weight is 237 g/mol. The maximum atomic E-state index is 5.64. The minimum absolute atomic E-state index is 0.172. The van der Waals surface area contributed by atoms with Crippen LogP contribution in [-0.2, 0) is 11.3 Å². The summed E-state index contributed by atoms with van der Waals surface area (Å²) in [6.45, 7) is 5.15. The molecule has 0 aliphatic rings. The third kappa shape index (κ3) is 5.77. The second-order valence-electron chi connectivity index (χ2n) is 4.16.